The van der Waals surface area contributed by atoms with Gasteiger partial charge in [-0.05, 0) is 11.4 Å². The maximum atomic E-state index is 11.0. The molecule has 0 aromatic carbocycles. The molecular weight excluding hydrogens is 174 g/mol. The van der Waals surface area contributed by atoms with E-state index < -0.39 is 0 Å². The molecule has 0 spiro atoms. The van der Waals surface area contributed by atoms with Crippen LogP contribution in [0.1, 0.15) is 11.0 Å². The van der Waals surface area contributed by atoms with Crippen LogP contribution in [0, 0.1) is 0 Å². The summed E-state index contributed by atoms with van der Waals surface area (Å²) in [5.74, 6) is 0. The highest BCUT2D eigenvalue weighted by Gasteiger charge is 2.29. The fourth-order valence-electron chi connectivity index (χ4n) is 1.19. The van der Waals surface area contributed by atoms with E-state index in [2.05, 4.69) is 0 Å². The minimum atomic E-state index is -0.228. The molecule has 2 rings (SSSR count). The van der Waals surface area contributed by atoms with Gasteiger partial charge in [0.2, 0.25) is 0 Å². The zero-order chi connectivity index (χ0) is 8.55. The Morgan fingerprint density at radius 3 is 3.08 bits per heavy atom. The van der Waals surface area contributed by atoms with Gasteiger partial charge in [-0.1, -0.05) is 6.07 Å². The molecule has 0 aliphatic carbocycles. The second kappa shape index (κ2) is 2.79. The van der Waals surface area contributed by atoms with Gasteiger partial charge in [0.1, 0.15) is 0 Å². The molecule has 1 fully saturated rings. The Balaban J connectivity index is 2.14. The SMILES string of the molecule is CN1C[C@@H](c2cccs2)OC1=O. The summed E-state index contributed by atoms with van der Waals surface area (Å²) in [6.07, 6.45) is -0.282. The standard InChI is InChI=1S/C8H9NO2S/c1-9-5-6(11-8(9)10)7-3-2-4-12-7/h2-4,6H,5H2,1H3/t6-/m0/s1. The maximum Gasteiger partial charge on any atom is 0.410 e. The van der Waals surface area contributed by atoms with E-state index in [9.17, 15) is 4.79 Å². The topological polar surface area (TPSA) is 29.5 Å². The average Bonchev–Trinajstić information content (AvgIpc) is 2.61. The number of carbonyl (C=O) groups is 1. The lowest BCUT2D eigenvalue weighted by Gasteiger charge is -2.03. The molecule has 3 nitrogen and oxygen atoms in total. The molecule has 1 atom stereocenters. The van der Waals surface area contributed by atoms with Crippen LogP contribution in [0.3, 0.4) is 0 Å². The molecule has 1 aromatic rings. The molecule has 4 heteroatoms. The first kappa shape index (κ1) is 7.61. The van der Waals surface area contributed by atoms with Gasteiger partial charge in [0.15, 0.2) is 6.10 Å². The number of nitrogens with zero attached hydrogens (tertiary/aromatic N) is 1. The minimum Gasteiger partial charge on any atom is -0.438 e. The van der Waals surface area contributed by atoms with Gasteiger partial charge in [0, 0.05) is 11.9 Å². The summed E-state index contributed by atoms with van der Waals surface area (Å²) in [6, 6.07) is 3.95. The first-order valence-corrected chi connectivity index (χ1v) is 4.60. The Bertz CT molecular complexity index is 283. The molecule has 0 radical (unpaired) electrons. The van der Waals surface area contributed by atoms with Crippen LogP contribution in [0.4, 0.5) is 4.79 Å². The van der Waals surface area contributed by atoms with Gasteiger partial charge in [-0.15, -0.1) is 11.3 Å². The quantitative estimate of drug-likeness (QED) is 0.665. The number of ether oxygens (including phenoxy) is 1. The highest BCUT2D eigenvalue weighted by molar-refractivity contribution is 7.10. The molecule has 12 heavy (non-hydrogen) atoms. The first-order chi connectivity index (χ1) is 5.77. The van der Waals surface area contributed by atoms with E-state index in [0.717, 1.165) is 4.88 Å². The largest absolute Gasteiger partial charge is 0.438 e. The molecule has 1 aliphatic rings. The van der Waals surface area contributed by atoms with Crippen LogP contribution in [0.25, 0.3) is 0 Å². The zero-order valence-electron chi connectivity index (χ0n) is 6.69. The summed E-state index contributed by atoms with van der Waals surface area (Å²) >= 11 is 1.62. The highest BCUT2D eigenvalue weighted by atomic mass is 32.1. The third kappa shape index (κ3) is 1.18. The van der Waals surface area contributed by atoms with Crippen molar-refractivity contribution in [2.75, 3.05) is 13.6 Å². The molecule has 1 saturated heterocycles. The number of cyclic esters (lactones) is 1. The fourth-order valence-corrected chi connectivity index (χ4v) is 1.94. The summed E-state index contributed by atoms with van der Waals surface area (Å²) < 4.78 is 5.12. The summed E-state index contributed by atoms with van der Waals surface area (Å²) in [7, 11) is 1.75. The van der Waals surface area contributed by atoms with Gasteiger partial charge < -0.3 is 9.64 Å². The third-order valence-electron chi connectivity index (χ3n) is 1.85. The summed E-state index contributed by atoms with van der Waals surface area (Å²) in [5, 5.41) is 1.99. The van der Waals surface area contributed by atoms with Crippen LogP contribution < -0.4 is 0 Å². The van der Waals surface area contributed by atoms with E-state index in [4.69, 9.17) is 4.74 Å². The van der Waals surface area contributed by atoms with Gasteiger partial charge in [-0.25, -0.2) is 4.79 Å². The molecule has 2 heterocycles. The van der Waals surface area contributed by atoms with Crippen molar-refractivity contribution >= 4 is 17.4 Å². The Morgan fingerprint density at radius 1 is 1.75 bits per heavy atom. The molecule has 0 N–H and O–H groups in total. The average molecular weight is 183 g/mol. The van der Waals surface area contributed by atoms with Crippen LogP contribution in [0.2, 0.25) is 0 Å². The molecule has 1 aromatic heterocycles. The van der Waals surface area contributed by atoms with Crippen LogP contribution in [-0.4, -0.2) is 24.6 Å². The van der Waals surface area contributed by atoms with Gasteiger partial charge in [0.05, 0.1) is 6.54 Å². The van der Waals surface area contributed by atoms with E-state index in [0.29, 0.717) is 6.54 Å². The van der Waals surface area contributed by atoms with Crippen molar-refractivity contribution in [3.63, 3.8) is 0 Å². The van der Waals surface area contributed by atoms with Gasteiger partial charge in [-0.2, -0.15) is 0 Å². The first-order valence-electron chi connectivity index (χ1n) is 3.72. The number of rotatable bonds is 1. The lowest BCUT2D eigenvalue weighted by molar-refractivity contribution is 0.136. The Labute approximate surface area is 74.6 Å². The molecular formula is C8H9NO2S. The molecule has 1 amide bonds. The van der Waals surface area contributed by atoms with E-state index in [1.165, 1.54) is 0 Å². The van der Waals surface area contributed by atoms with Crippen molar-refractivity contribution in [2.24, 2.45) is 0 Å². The predicted octanol–water partition coefficient (Wildman–Crippen LogP) is 1.87. The van der Waals surface area contributed by atoms with Crippen LogP contribution >= 0.6 is 11.3 Å². The van der Waals surface area contributed by atoms with Crippen molar-refractivity contribution in [2.45, 2.75) is 6.10 Å². The van der Waals surface area contributed by atoms with E-state index in [1.807, 2.05) is 17.5 Å². The molecule has 1 aliphatic heterocycles. The van der Waals surface area contributed by atoms with Crippen molar-refractivity contribution in [1.29, 1.82) is 0 Å². The maximum absolute atomic E-state index is 11.0. The number of amides is 1. The Hall–Kier alpha value is -1.03. The number of thiophene rings is 1. The molecule has 0 saturated carbocycles. The highest BCUT2D eigenvalue weighted by Crippen LogP contribution is 2.27. The summed E-state index contributed by atoms with van der Waals surface area (Å²) in [4.78, 5) is 13.7. The predicted molar refractivity (Wildman–Crippen MR) is 46.2 cm³/mol. The van der Waals surface area contributed by atoms with E-state index >= 15 is 0 Å². The van der Waals surface area contributed by atoms with E-state index in [1.54, 1.807) is 23.3 Å². The van der Waals surface area contributed by atoms with Crippen LogP contribution in [0.15, 0.2) is 17.5 Å². The number of hydrogen-bond acceptors (Lipinski definition) is 3. The van der Waals surface area contributed by atoms with Crippen molar-refractivity contribution in [3.05, 3.63) is 22.4 Å². The molecule has 64 valence electrons. The van der Waals surface area contributed by atoms with Gasteiger partial charge in [-0.3, -0.25) is 0 Å². The van der Waals surface area contributed by atoms with Crippen molar-refractivity contribution < 1.29 is 9.53 Å². The van der Waals surface area contributed by atoms with Crippen molar-refractivity contribution in [3.8, 4) is 0 Å². The Kier molecular flexibility index (Phi) is 1.77. The van der Waals surface area contributed by atoms with Gasteiger partial charge in [0.25, 0.3) is 0 Å². The number of carbonyl (C=O) groups excluding carboxylic acids is 1. The summed E-state index contributed by atoms with van der Waals surface area (Å²) in [6.45, 7) is 0.666. The van der Waals surface area contributed by atoms with Gasteiger partial charge >= 0.3 is 6.09 Å². The number of hydrogen-bond donors (Lipinski definition) is 0. The smallest absolute Gasteiger partial charge is 0.410 e. The third-order valence-corrected chi connectivity index (χ3v) is 2.82. The van der Waals surface area contributed by atoms with Crippen LogP contribution in [-0.2, 0) is 4.74 Å². The molecule has 0 unspecified atom stereocenters. The second-order valence-corrected chi connectivity index (χ2v) is 3.75. The van der Waals surface area contributed by atoms with Crippen molar-refractivity contribution in [1.82, 2.24) is 4.90 Å². The fraction of sp³-hybridized carbons (Fsp3) is 0.375. The molecule has 0 bridgehead atoms. The lowest BCUT2D eigenvalue weighted by Crippen LogP contribution is -2.17. The Morgan fingerprint density at radius 2 is 2.58 bits per heavy atom. The minimum absolute atomic E-state index is 0.0532. The normalized spacial score (nSPS) is 22.9. The van der Waals surface area contributed by atoms with E-state index in [-0.39, 0.29) is 12.2 Å². The monoisotopic (exact) mass is 183 g/mol. The second-order valence-electron chi connectivity index (χ2n) is 2.77. The van der Waals surface area contributed by atoms with Crippen LogP contribution in [0.5, 0.6) is 0 Å². The summed E-state index contributed by atoms with van der Waals surface area (Å²) in [5.41, 5.74) is 0. The number of likely N-dealkylation sites (N-methyl/N-ethyl adjacent to an activating group) is 1. The zero-order valence-corrected chi connectivity index (χ0v) is 7.50. The lowest BCUT2D eigenvalue weighted by atomic mass is 10.3.